The van der Waals surface area contributed by atoms with Gasteiger partial charge < -0.3 is 4.42 Å². The second-order valence-electron chi connectivity index (χ2n) is 5.34. The number of rotatable bonds is 2. The van der Waals surface area contributed by atoms with Crippen LogP contribution in [0.3, 0.4) is 0 Å². The third kappa shape index (κ3) is 2.23. The van der Waals surface area contributed by atoms with Crippen LogP contribution in [0.15, 0.2) is 65.1 Å². The lowest BCUT2D eigenvalue weighted by Gasteiger charge is -2.11. The fourth-order valence-electron chi connectivity index (χ4n) is 2.72. The zero-order chi connectivity index (χ0) is 15.8. The van der Waals surface area contributed by atoms with Crippen molar-refractivity contribution >= 4 is 23.7 Å². The molecular formula is C20H12O3. The van der Waals surface area contributed by atoms with E-state index in [0.717, 1.165) is 5.56 Å². The fourth-order valence-corrected chi connectivity index (χ4v) is 2.72. The maximum atomic E-state index is 12.5. The van der Waals surface area contributed by atoms with Crippen molar-refractivity contribution in [1.82, 2.24) is 0 Å². The van der Waals surface area contributed by atoms with Crippen molar-refractivity contribution in [3.05, 3.63) is 94.4 Å². The van der Waals surface area contributed by atoms with E-state index in [-0.39, 0.29) is 17.3 Å². The van der Waals surface area contributed by atoms with Crippen LogP contribution in [0.5, 0.6) is 0 Å². The molecule has 3 aromatic rings. The zero-order valence-electron chi connectivity index (χ0n) is 12.2. The molecule has 1 aromatic heterocycles. The monoisotopic (exact) mass is 300 g/mol. The van der Waals surface area contributed by atoms with Gasteiger partial charge in [0.15, 0.2) is 11.5 Å². The second-order valence-corrected chi connectivity index (χ2v) is 5.34. The summed E-state index contributed by atoms with van der Waals surface area (Å²) in [5.74, 6) is 0.211. The van der Waals surface area contributed by atoms with Gasteiger partial charge in [-0.2, -0.15) is 0 Å². The van der Waals surface area contributed by atoms with E-state index in [1.54, 1.807) is 36.4 Å². The molecule has 0 bridgehead atoms. The molecule has 23 heavy (non-hydrogen) atoms. The van der Waals surface area contributed by atoms with Crippen LogP contribution in [0.1, 0.15) is 43.4 Å². The Kier molecular flexibility index (Phi) is 3.05. The molecular weight excluding hydrogens is 288 g/mol. The summed E-state index contributed by atoms with van der Waals surface area (Å²) >= 11 is 0. The van der Waals surface area contributed by atoms with E-state index >= 15 is 0 Å². The van der Waals surface area contributed by atoms with Gasteiger partial charge in [0.2, 0.25) is 5.78 Å². The van der Waals surface area contributed by atoms with E-state index in [0.29, 0.717) is 22.5 Å². The summed E-state index contributed by atoms with van der Waals surface area (Å²) in [7, 11) is 0. The van der Waals surface area contributed by atoms with Crippen molar-refractivity contribution in [2.24, 2.45) is 0 Å². The first-order valence-corrected chi connectivity index (χ1v) is 7.29. The molecule has 0 spiro atoms. The Labute approximate surface area is 132 Å². The van der Waals surface area contributed by atoms with Crippen molar-refractivity contribution in [2.75, 3.05) is 0 Å². The highest BCUT2D eigenvalue weighted by molar-refractivity contribution is 6.27. The zero-order valence-corrected chi connectivity index (χ0v) is 12.2. The van der Waals surface area contributed by atoms with Crippen molar-refractivity contribution < 1.29 is 14.0 Å². The topological polar surface area (TPSA) is 47.3 Å². The Balaban J connectivity index is 1.74. The lowest BCUT2D eigenvalue weighted by atomic mass is 9.89. The summed E-state index contributed by atoms with van der Waals surface area (Å²) in [6.45, 7) is 0. The maximum absolute atomic E-state index is 12.5. The summed E-state index contributed by atoms with van der Waals surface area (Å²) in [6.07, 6.45) is 3.64. The van der Waals surface area contributed by atoms with Gasteiger partial charge in [-0.1, -0.05) is 60.7 Å². The molecule has 1 aliphatic rings. The smallest absolute Gasteiger partial charge is 0.229 e. The highest BCUT2D eigenvalue weighted by atomic mass is 16.3. The number of furan rings is 1. The first kappa shape index (κ1) is 13.5. The van der Waals surface area contributed by atoms with Crippen LogP contribution in [0, 0.1) is 0 Å². The molecule has 3 nitrogen and oxygen atoms in total. The van der Waals surface area contributed by atoms with E-state index in [9.17, 15) is 9.59 Å². The molecule has 0 radical (unpaired) electrons. The summed E-state index contributed by atoms with van der Waals surface area (Å²) in [6, 6.07) is 18.2. The summed E-state index contributed by atoms with van der Waals surface area (Å²) in [5.41, 5.74) is 2.19. The lowest BCUT2D eigenvalue weighted by Crippen LogP contribution is -2.18. The van der Waals surface area contributed by atoms with Crippen molar-refractivity contribution in [1.29, 1.82) is 0 Å². The average molecular weight is 300 g/mol. The van der Waals surface area contributed by atoms with Gasteiger partial charge >= 0.3 is 0 Å². The third-order valence-electron chi connectivity index (χ3n) is 3.86. The quantitative estimate of drug-likeness (QED) is 0.556. The van der Waals surface area contributed by atoms with Gasteiger partial charge in [-0.05, 0) is 17.7 Å². The second kappa shape index (κ2) is 5.21. The van der Waals surface area contributed by atoms with E-state index in [2.05, 4.69) is 0 Å². The van der Waals surface area contributed by atoms with Crippen LogP contribution in [-0.4, -0.2) is 11.6 Å². The van der Waals surface area contributed by atoms with E-state index in [1.165, 1.54) is 0 Å². The van der Waals surface area contributed by atoms with Gasteiger partial charge in [-0.15, -0.1) is 0 Å². The van der Waals surface area contributed by atoms with Crippen molar-refractivity contribution in [2.45, 2.75) is 0 Å². The van der Waals surface area contributed by atoms with Gasteiger partial charge in [0.1, 0.15) is 5.76 Å². The highest BCUT2D eigenvalue weighted by Crippen LogP contribution is 2.30. The average Bonchev–Trinajstić information content (AvgIpc) is 3.04. The predicted octanol–water partition coefficient (Wildman–Crippen LogP) is 4.23. The minimum absolute atomic E-state index is 0.126. The SMILES string of the molecule is O=C1c2ccccc2C(=O)c2oc(/C=C/c3ccccc3)cc21. The molecule has 0 saturated heterocycles. The van der Waals surface area contributed by atoms with Crippen molar-refractivity contribution in [3.63, 3.8) is 0 Å². The number of ketones is 2. The number of benzene rings is 2. The minimum atomic E-state index is -0.241. The van der Waals surface area contributed by atoms with Crippen LogP contribution >= 0.6 is 0 Å². The van der Waals surface area contributed by atoms with Gasteiger partial charge in [0.25, 0.3) is 0 Å². The Morgan fingerprint density at radius 2 is 1.35 bits per heavy atom. The number of hydrogen-bond donors (Lipinski definition) is 0. The largest absolute Gasteiger partial charge is 0.452 e. The van der Waals surface area contributed by atoms with Crippen LogP contribution in [0.2, 0.25) is 0 Å². The van der Waals surface area contributed by atoms with Gasteiger partial charge in [-0.25, -0.2) is 0 Å². The van der Waals surface area contributed by atoms with Crippen LogP contribution in [0.25, 0.3) is 12.2 Å². The van der Waals surface area contributed by atoms with E-state index in [1.807, 2.05) is 36.4 Å². The lowest BCUT2D eigenvalue weighted by molar-refractivity contribution is 0.0960. The molecule has 3 heteroatoms. The minimum Gasteiger partial charge on any atom is -0.452 e. The molecule has 2 aromatic carbocycles. The molecule has 110 valence electrons. The first-order valence-electron chi connectivity index (χ1n) is 7.29. The molecule has 0 aliphatic heterocycles. The number of fused-ring (bicyclic) bond motifs is 2. The maximum Gasteiger partial charge on any atom is 0.229 e. The Morgan fingerprint density at radius 1 is 0.696 bits per heavy atom. The molecule has 0 fully saturated rings. The fraction of sp³-hybridized carbons (Fsp3) is 0. The molecule has 0 saturated carbocycles. The Morgan fingerprint density at radius 3 is 2.09 bits per heavy atom. The Bertz CT molecular complexity index is 894. The highest BCUT2D eigenvalue weighted by Gasteiger charge is 2.32. The first-order chi connectivity index (χ1) is 11.2. The molecule has 0 amide bonds. The van der Waals surface area contributed by atoms with Gasteiger partial charge in [-0.3, -0.25) is 9.59 Å². The van der Waals surface area contributed by atoms with E-state index < -0.39 is 0 Å². The van der Waals surface area contributed by atoms with Crippen LogP contribution < -0.4 is 0 Å². The molecule has 1 heterocycles. The Hall–Kier alpha value is -3.20. The normalized spacial score (nSPS) is 13.2. The molecule has 0 atom stereocenters. The van der Waals surface area contributed by atoms with Gasteiger partial charge in [0.05, 0.1) is 5.56 Å². The molecule has 0 N–H and O–H groups in total. The van der Waals surface area contributed by atoms with Crippen LogP contribution in [0.4, 0.5) is 0 Å². The molecule has 0 unspecified atom stereocenters. The van der Waals surface area contributed by atoms with E-state index in [4.69, 9.17) is 4.42 Å². The number of hydrogen-bond acceptors (Lipinski definition) is 3. The summed E-state index contributed by atoms with van der Waals surface area (Å²) < 4.78 is 5.61. The summed E-state index contributed by atoms with van der Waals surface area (Å²) in [4.78, 5) is 25.0. The summed E-state index contributed by atoms with van der Waals surface area (Å²) in [5, 5.41) is 0. The predicted molar refractivity (Wildman–Crippen MR) is 87.4 cm³/mol. The molecule has 1 aliphatic carbocycles. The third-order valence-corrected chi connectivity index (χ3v) is 3.86. The van der Waals surface area contributed by atoms with Crippen molar-refractivity contribution in [3.8, 4) is 0 Å². The standard InChI is InChI=1S/C20H12O3/c21-18-15-8-4-5-9-16(15)19(22)20-17(18)12-14(23-20)11-10-13-6-2-1-3-7-13/h1-12H/b11-10+. The van der Waals surface area contributed by atoms with Gasteiger partial charge in [0, 0.05) is 11.1 Å². The molecule has 4 rings (SSSR count). The number of carbonyl (C=O) groups excluding carboxylic acids is 2. The van der Waals surface area contributed by atoms with Crippen LogP contribution in [-0.2, 0) is 0 Å². The number of carbonyl (C=O) groups is 2.